The molecule has 4 heteroatoms. The fourth-order valence-corrected chi connectivity index (χ4v) is 8.24. The summed E-state index contributed by atoms with van der Waals surface area (Å²) in [6, 6.07) is 0.343. The first kappa shape index (κ1) is 19.3. The molecule has 0 radical (unpaired) electrons. The number of carbonyl (C=O) groups is 2. The molecule has 3 aliphatic carbocycles. The van der Waals surface area contributed by atoms with Gasteiger partial charge in [-0.15, -0.1) is 0 Å². The molecule has 4 rings (SSSR count). The maximum atomic E-state index is 12.0. The van der Waals surface area contributed by atoms with Crippen LogP contribution in [0.1, 0.15) is 86.0 Å². The quantitative estimate of drug-likeness (QED) is 0.688. The Hall–Kier alpha value is -1.06. The van der Waals surface area contributed by atoms with Gasteiger partial charge in [-0.25, -0.2) is 0 Å². The Labute approximate surface area is 164 Å². The van der Waals surface area contributed by atoms with Crippen molar-refractivity contribution in [3.05, 3.63) is 0 Å². The highest BCUT2D eigenvalue weighted by atomic mass is 16.5. The van der Waals surface area contributed by atoms with Crippen molar-refractivity contribution in [2.75, 3.05) is 0 Å². The van der Waals surface area contributed by atoms with Gasteiger partial charge in [-0.2, -0.15) is 0 Å². The van der Waals surface area contributed by atoms with E-state index in [-0.39, 0.29) is 28.8 Å². The highest BCUT2D eigenvalue weighted by molar-refractivity contribution is 5.77. The van der Waals surface area contributed by atoms with Gasteiger partial charge >= 0.3 is 5.97 Å². The third-order valence-electron chi connectivity index (χ3n) is 9.92. The summed E-state index contributed by atoms with van der Waals surface area (Å²) in [4.78, 5) is 23.6. The van der Waals surface area contributed by atoms with Gasteiger partial charge in [0.2, 0.25) is 5.91 Å². The molecule has 1 aliphatic heterocycles. The average Bonchev–Trinajstić information content (AvgIpc) is 2.59. The minimum absolute atomic E-state index is 0.0887. The van der Waals surface area contributed by atoms with Gasteiger partial charge in [-0.05, 0) is 78.9 Å². The standard InChI is InChI=1S/C23H37NO3/c1-14-16-8-12-22(4)18(21(16,3)11-9-17(14)27-15(2)25)6-7-19-23(22,5)13-10-20(26)24-19/h14,16-19H,6-13H2,1-5H3,(H,24,26)/t14-,16-,17+,18-,19-,21-,22-,23-/m0/s1. The molecule has 0 spiro atoms. The second kappa shape index (κ2) is 6.22. The first-order valence-corrected chi connectivity index (χ1v) is 11.1. The largest absolute Gasteiger partial charge is 0.462 e. The Bertz CT molecular complexity index is 648. The lowest BCUT2D eigenvalue weighted by Gasteiger charge is -2.69. The smallest absolute Gasteiger partial charge is 0.302 e. The first-order chi connectivity index (χ1) is 12.6. The van der Waals surface area contributed by atoms with Crippen LogP contribution in [0.4, 0.5) is 0 Å². The van der Waals surface area contributed by atoms with Crippen LogP contribution in [0.5, 0.6) is 0 Å². The van der Waals surface area contributed by atoms with Gasteiger partial charge in [0, 0.05) is 19.4 Å². The van der Waals surface area contributed by atoms with Crippen molar-refractivity contribution in [1.82, 2.24) is 5.32 Å². The minimum Gasteiger partial charge on any atom is -0.462 e. The molecule has 1 amide bonds. The number of piperidine rings is 1. The van der Waals surface area contributed by atoms with Gasteiger partial charge in [0.1, 0.15) is 6.10 Å². The van der Waals surface area contributed by atoms with Crippen molar-refractivity contribution in [3.8, 4) is 0 Å². The van der Waals surface area contributed by atoms with Crippen LogP contribution >= 0.6 is 0 Å². The van der Waals surface area contributed by atoms with Crippen molar-refractivity contribution in [3.63, 3.8) is 0 Å². The molecular weight excluding hydrogens is 338 g/mol. The van der Waals surface area contributed by atoms with E-state index in [2.05, 4.69) is 33.0 Å². The number of carbonyl (C=O) groups excluding carboxylic acids is 2. The summed E-state index contributed by atoms with van der Waals surface area (Å²) in [6.07, 6.45) is 8.75. The molecule has 0 aromatic heterocycles. The van der Waals surface area contributed by atoms with Crippen LogP contribution in [0.2, 0.25) is 0 Å². The Kier molecular flexibility index (Phi) is 4.44. The zero-order valence-electron chi connectivity index (χ0n) is 17.8. The molecule has 1 heterocycles. The van der Waals surface area contributed by atoms with Crippen molar-refractivity contribution >= 4 is 11.9 Å². The summed E-state index contributed by atoms with van der Waals surface area (Å²) >= 11 is 0. The summed E-state index contributed by atoms with van der Waals surface area (Å²) < 4.78 is 5.69. The molecule has 0 aromatic rings. The monoisotopic (exact) mass is 375 g/mol. The van der Waals surface area contributed by atoms with Gasteiger partial charge in [0.25, 0.3) is 0 Å². The lowest BCUT2D eigenvalue weighted by molar-refractivity contribution is -0.208. The van der Waals surface area contributed by atoms with E-state index < -0.39 is 0 Å². The van der Waals surface area contributed by atoms with E-state index >= 15 is 0 Å². The molecule has 4 nitrogen and oxygen atoms in total. The number of amides is 1. The summed E-state index contributed by atoms with van der Waals surface area (Å²) in [5.74, 6) is 1.87. The topological polar surface area (TPSA) is 55.4 Å². The minimum atomic E-state index is -0.137. The van der Waals surface area contributed by atoms with Gasteiger partial charge in [0.05, 0.1) is 0 Å². The molecule has 1 N–H and O–H groups in total. The third-order valence-corrected chi connectivity index (χ3v) is 9.92. The van der Waals surface area contributed by atoms with E-state index in [9.17, 15) is 9.59 Å². The van der Waals surface area contributed by atoms with Crippen molar-refractivity contribution < 1.29 is 14.3 Å². The van der Waals surface area contributed by atoms with Crippen molar-refractivity contribution in [2.45, 2.75) is 98.1 Å². The molecule has 27 heavy (non-hydrogen) atoms. The zero-order chi connectivity index (χ0) is 19.6. The molecule has 0 bridgehead atoms. The lowest BCUT2D eigenvalue weighted by atomic mass is 9.37. The highest BCUT2D eigenvalue weighted by Gasteiger charge is 2.66. The van der Waals surface area contributed by atoms with E-state index in [1.807, 2.05) is 0 Å². The van der Waals surface area contributed by atoms with Gasteiger partial charge in [-0.3, -0.25) is 9.59 Å². The summed E-state index contributed by atoms with van der Waals surface area (Å²) in [5.41, 5.74) is 0.801. The molecule has 0 aromatic carbocycles. The lowest BCUT2D eigenvalue weighted by Crippen LogP contribution is -2.67. The number of hydrogen-bond acceptors (Lipinski definition) is 3. The number of ether oxygens (including phenoxy) is 1. The SMILES string of the molecule is CC(=O)O[C@@H]1CC[C@@]2(C)[C@@H](CC[C@@]3(C)[C@H]2CC[C@@H]2NC(=O)CC[C@@]23C)[C@@H]1C. The molecule has 3 saturated carbocycles. The molecule has 4 fully saturated rings. The fraction of sp³-hybridized carbons (Fsp3) is 0.913. The molecule has 4 aliphatic rings. The van der Waals surface area contributed by atoms with Crippen LogP contribution in [0.15, 0.2) is 0 Å². The van der Waals surface area contributed by atoms with Gasteiger partial charge in [-0.1, -0.05) is 27.7 Å². The molecule has 1 saturated heterocycles. The Morgan fingerprint density at radius 1 is 1.04 bits per heavy atom. The summed E-state index contributed by atoms with van der Waals surface area (Å²) in [7, 11) is 0. The third kappa shape index (κ3) is 2.61. The van der Waals surface area contributed by atoms with E-state index in [1.54, 1.807) is 0 Å². The number of esters is 1. The zero-order valence-corrected chi connectivity index (χ0v) is 17.8. The summed E-state index contributed by atoms with van der Waals surface area (Å²) in [6.45, 7) is 11.4. The maximum absolute atomic E-state index is 12.0. The maximum Gasteiger partial charge on any atom is 0.302 e. The van der Waals surface area contributed by atoms with E-state index in [0.29, 0.717) is 35.6 Å². The number of fused-ring (bicyclic) bond motifs is 5. The number of hydrogen-bond donors (Lipinski definition) is 1. The second-order valence-corrected chi connectivity index (χ2v) is 10.8. The van der Waals surface area contributed by atoms with E-state index in [0.717, 1.165) is 25.7 Å². The van der Waals surface area contributed by atoms with Crippen molar-refractivity contribution in [2.24, 2.45) is 34.0 Å². The van der Waals surface area contributed by atoms with Gasteiger partial charge in [0.15, 0.2) is 0 Å². The van der Waals surface area contributed by atoms with Gasteiger partial charge < -0.3 is 10.1 Å². The predicted molar refractivity (Wildman–Crippen MR) is 105 cm³/mol. The van der Waals surface area contributed by atoms with Crippen molar-refractivity contribution in [1.29, 1.82) is 0 Å². The fourth-order valence-electron chi connectivity index (χ4n) is 8.24. The van der Waals surface area contributed by atoms with Crippen LogP contribution in [0.25, 0.3) is 0 Å². The number of nitrogens with one attached hydrogen (secondary N) is 1. The number of rotatable bonds is 1. The first-order valence-electron chi connectivity index (χ1n) is 11.1. The molecule has 8 atom stereocenters. The Morgan fingerprint density at radius 2 is 1.78 bits per heavy atom. The summed E-state index contributed by atoms with van der Waals surface area (Å²) in [5, 5.41) is 3.34. The van der Waals surface area contributed by atoms with Crippen LogP contribution in [0.3, 0.4) is 0 Å². The predicted octanol–water partition coefficient (Wildman–Crippen LogP) is 4.47. The van der Waals surface area contributed by atoms with Crippen LogP contribution in [-0.4, -0.2) is 24.0 Å². The van der Waals surface area contributed by atoms with Crippen LogP contribution < -0.4 is 5.32 Å². The molecule has 152 valence electrons. The molecule has 0 unspecified atom stereocenters. The highest BCUT2D eigenvalue weighted by Crippen LogP contribution is 2.70. The average molecular weight is 376 g/mol. The Balaban J connectivity index is 1.64. The van der Waals surface area contributed by atoms with Crippen LogP contribution in [0, 0.1) is 34.0 Å². The second-order valence-electron chi connectivity index (χ2n) is 10.8. The normalized spacial score (nSPS) is 52.0. The van der Waals surface area contributed by atoms with E-state index in [4.69, 9.17) is 4.74 Å². The molecular formula is C23H37NO3. The van der Waals surface area contributed by atoms with E-state index in [1.165, 1.54) is 26.2 Å². The van der Waals surface area contributed by atoms with Crippen LogP contribution in [-0.2, 0) is 14.3 Å². The Morgan fingerprint density at radius 3 is 2.48 bits per heavy atom.